The monoisotopic (exact) mass is 261 g/mol. The first-order valence-corrected chi connectivity index (χ1v) is 5.84. The van der Waals surface area contributed by atoms with Crippen molar-refractivity contribution in [3.63, 3.8) is 0 Å². The minimum Gasteiger partial charge on any atom is -0.318 e. The number of nitro benzene ring substituents is 1. The molecule has 100 valence electrons. The number of hydrazine groups is 1. The molecule has 0 atom stereocenters. The summed E-state index contributed by atoms with van der Waals surface area (Å²) < 4.78 is 1.49. The zero-order chi connectivity index (χ0) is 14.0. The molecule has 7 nitrogen and oxygen atoms in total. The number of rotatable bonds is 4. The first-order chi connectivity index (χ1) is 9.04. The van der Waals surface area contributed by atoms with Crippen molar-refractivity contribution >= 4 is 11.4 Å². The van der Waals surface area contributed by atoms with Gasteiger partial charge in [0.25, 0.3) is 0 Å². The summed E-state index contributed by atoms with van der Waals surface area (Å²) in [7, 11) is 0. The van der Waals surface area contributed by atoms with Crippen LogP contribution in [0.4, 0.5) is 11.4 Å². The Hall–Kier alpha value is -2.41. The van der Waals surface area contributed by atoms with E-state index in [1.54, 1.807) is 24.4 Å². The number of benzene rings is 1. The number of para-hydroxylation sites is 1. The molecule has 0 aliphatic rings. The molecule has 0 bridgehead atoms. The van der Waals surface area contributed by atoms with Crippen molar-refractivity contribution in [3.8, 4) is 5.69 Å². The Morgan fingerprint density at radius 2 is 2.16 bits per heavy atom. The molecule has 1 heterocycles. The van der Waals surface area contributed by atoms with Crippen molar-refractivity contribution in [2.75, 3.05) is 5.43 Å². The van der Waals surface area contributed by atoms with E-state index in [2.05, 4.69) is 10.5 Å². The molecule has 0 radical (unpaired) electrons. The van der Waals surface area contributed by atoms with Gasteiger partial charge in [0.2, 0.25) is 0 Å². The molecule has 3 N–H and O–H groups in total. The number of nitro groups is 1. The van der Waals surface area contributed by atoms with E-state index < -0.39 is 4.92 Å². The molecule has 2 aromatic rings. The molecule has 0 unspecified atom stereocenters. The Morgan fingerprint density at radius 3 is 2.68 bits per heavy atom. The van der Waals surface area contributed by atoms with E-state index >= 15 is 0 Å². The van der Waals surface area contributed by atoms with E-state index in [-0.39, 0.29) is 17.3 Å². The van der Waals surface area contributed by atoms with Crippen LogP contribution in [0.1, 0.15) is 25.5 Å². The predicted octanol–water partition coefficient (Wildman–Crippen LogP) is 2.19. The number of aromatic nitrogens is 2. The summed E-state index contributed by atoms with van der Waals surface area (Å²) in [6.45, 7) is 4.03. The highest BCUT2D eigenvalue weighted by atomic mass is 16.6. The summed E-state index contributed by atoms with van der Waals surface area (Å²) in [4.78, 5) is 10.7. The minimum absolute atomic E-state index is 0.0941. The summed E-state index contributed by atoms with van der Waals surface area (Å²) in [6, 6.07) is 6.72. The topological polar surface area (TPSA) is 99.0 Å². The summed E-state index contributed by atoms with van der Waals surface area (Å²) in [5.41, 5.74) is 3.75. The number of nitrogen functional groups attached to an aromatic ring is 1. The average Bonchev–Trinajstić information content (AvgIpc) is 2.87. The van der Waals surface area contributed by atoms with Gasteiger partial charge in [0.1, 0.15) is 11.4 Å². The molecule has 0 aliphatic carbocycles. The van der Waals surface area contributed by atoms with Gasteiger partial charge in [-0.05, 0) is 24.1 Å². The van der Waals surface area contributed by atoms with Crippen LogP contribution in [0.5, 0.6) is 0 Å². The average molecular weight is 261 g/mol. The van der Waals surface area contributed by atoms with Gasteiger partial charge in [-0.1, -0.05) is 19.9 Å². The number of nitrogens with one attached hydrogen (secondary N) is 1. The van der Waals surface area contributed by atoms with Gasteiger partial charge in [0, 0.05) is 6.20 Å². The standard InChI is InChI=1S/C12H15N5O2/c1-8(2)9-6-7-16(15-9)11-5-3-4-10(14-13)12(11)17(18)19/h3-8,14H,13H2,1-2H3. The molecule has 0 saturated carbocycles. The molecule has 19 heavy (non-hydrogen) atoms. The van der Waals surface area contributed by atoms with E-state index in [0.29, 0.717) is 5.69 Å². The summed E-state index contributed by atoms with van der Waals surface area (Å²) in [5.74, 6) is 5.57. The predicted molar refractivity (Wildman–Crippen MR) is 72.1 cm³/mol. The zero-order valence-electron chi connectivity index (χ0n) is 10.7. The van der Waals surface area contributed by atoms with Crippen molar-refractivity contribution < 1.29 is 4.92 Å². The van der Waals surface area contributed by atoms with Crippen LogP contribution in [-0.2, 0) is 0 Å². The van der Waals surface area contributed by atoms with Gasteiger partial charge >= 0.3 is 5.69 Å². The van der Waals surface area contributed by atoms with Crippen LogP contribution in [0.2, 0.25) is 0 Å². The number of nitrogens with two attached hydrogens (primary N) is 1. The molecule has 0 saturated heterocycles. The smallest absolute Gasteiger partial charge is 0.318 e. The van der Waals surface area contributed by atoms with Crippen molar-refractivity contribution in [3.05, 3.63) is 46.3 Å². The minimum atomic E-state index is -0.471. The molecule has 1 aromatic heterocycles. The number of anilines is 1. The van der Waals surface area contributed by atoms with Gasteiger partial charge in [0.15, 0.2) is 0 Å². The quantitative estimate of drug-likeness (QED) is 0.499. The van der Waals surface area contributed by atoms with Crippen LogP contribution in [-0.4, -0.2) is 14.7 Å². The van der Waals surface area contributed by atoms with Gasteiger partial charge in [-0.25, -0.2) is 4.68 Å². The van der Waals surface area contributed by atoms with Crippen LogP contribution >= 0.6 is 0 Å². The van der Waals surface area contributed by atoms with E-state index in [4.69, 9.17) is 5.84 Å². The van der Waals surface area contributed by atoms with Crippen LogP contribution < -0.4 is 11.3 Å². The fourth-order valence-electron chi connectivity index (χ4n) is 1.80. The second-order valence-electron chi connectivity index (χ2n) is 4.41. The van der Waals surface area contributed by atoms with Gasteiger partial charge in [-0.15, -0.1) is 0 Å². The molecular formula is C12H15N5O2. The Labute approximate surface area is 110 Å². The van der Waals surface area contributed by atoms with E-state index in [9.17, 15) is 10.1 Å². The SMILES string of the molecule is CC(C)c1ccn(-c2cccc(NN)c2[N+](=O)[O-])n1. The van der Waals surface area contributed by atoms with Crippen molar-refractivity contribution in [1.82, 2.24) is 9.78 Å². The highest BCUT2D eigenvalue weighted by Gasteiger charge is 2.21. The van der Waals surface area contributed by atoms with E-state index in [1.165, 1.54) is 4.68 Å². The second kappa shape index (κ2) is 5.07. The molecular weight excluding hydrogens is 246 g/mol. The fraction of sp³-hybridized carbons (Fsp3) is 0.250. The third kappa shape index (κ3) is 2.41. The molecule has 0 amide bonds. The number of hydrogen-bond donors (Lipinski definition) is 2. The molecule has 1 aromatic carbocycles. The maximum Gasteiger partial charge on any atom is 0.319 e. The highest BCUT2D eigenvalue weighted by Crippen LogP contribution is 2.30. The van der Waals surface area contributed by atoms with Crippen LogP contribution in [0.3, 0.4) is 0 Å². The van der Waals surface area contributed by atoms with Crippen LogP contribution in [0.25, 0.3) is 5.69 Å². The highest BCUT2D eigenvalue weighted by molar-refractivity contribution is 5.70. The maximum atomic E-state index is 11.2. The molecule has 7 heteroatoms. The first kappa shape index (κ1) is 13.0. The number of hydrogen-bond acceptors (Lipinski definition) is 5. The maximum absolute atomic E-state index is 11.2. The summed E-state index contributed by atoms with van der Waals surface area (Å²) in [5, 5.41) is 15.5. The Balaban J connectivity index is 2.57. The van der Waals surface area contributed by atoms with Crippen LogP contribution in [0, 0.1) is 10.1 Å². The fourth-order valence-corrected chi connectivity index (χ4v) is 1.80. The van der Waals surface area contributed by atoms with Gasteiger partial charge < -0.3 is 5.43 Å². The lowest BCUT2D eigenvalue weighted by Gasteiger charge is -2.07. The third-order valence-electron chi connectivity index (χ3n) is 2.80. The summed E-state index contributed by atoms with van der Waals surface area (Å²) in [6.07, 6.45) is 1.71. The first-order valence-electron chi connectivity index (χ1n) is 5.84. The largest absolute Gasteiger partial charge is 0.319 e. The van der Waals surface area contributed by atoms with E-state index in [1.807, 2.05) is 19.9 Å². The van der Waals surface area contributed by atoms with Crippen molar-refractivity contribution in [1.29, 1.82) is 0 Å². The molecule has 0 fully saturated rings. The second-order valence-corrected chi connectivity index (χ2v) is 4.41. The van der Waals surface area contributed by atoms with Gasteiger partial charge in [-0.3, -0.25) is 16.0 Å². The lowest BCUT2D eigenvalue weighted by molar-refractivity contribution is -0.383. The molecule has 0 spiro atoms. The Bertz CT molecular complexity index is 606. The van der Waals surface area contributed by atoms with Crippen molar-refractivity contribution in [2.45, 2.75) is 19.8 Å². The zero-order valence-corrected chi connectivity index (χ0v) is 10.7. The Kier molecular flexibility index (Phi) is 3.48. The molecule has 2 rings (SSSR count). The lowest BCUT2D eigenvalue weighted by Crippen LogP contribution is -2.11. The third-order valence-corrected chi connectivity index (χ3v) is 2.80. The van der Waals surface area contributed by atoms with Gasteiger partial charge in [0.05, 0.1) is 10.6 Å². The van der Waals surface area contributed by atoms with Crippen LogP contribution in [0.15, 0.2) is 30.5 Å². The molecule has 0 aliphatic heterocycles. The van der Waals surface area contributed by atoms with Gasteiger partial charge in [-0.2, -0.15) is 5.10 Å². The lowest BCUT2D eigenvalue weighted by atomic mass is 10.1. The Morgan fingerprint density at radius 1 is 1.42 bits per heavy atom. The van der Waals surface area contributed by atoms with Crippen molar-refractivity contribution in [2.24, 2.45) is 5.84 Å². The normalized spacial score (nSPS) is 10.7. The number of nitrogens with zero attached hydrogens (tertiary/aromatic N) is 3. The van der Waals surface area contributed by atoms with E-state index in [0.717, 1.165) is 5.69 Å². The summed E-state index contributed by atoms with van der Waals surface area (Å²) >= 11 is 0.